The second-order valence-electron chi connectivity index (χ2n) is 3.32. The summed E-state index contributed by atoms with van der Waals surface area (Å²) in [6, 6.07) is 6.46. The van der Waals surface area contributed by atoms with Crippen LogP contribution in [0.5, 0.6) is 5.75 Å². The number of carbonyl (C=O) groups is 1. The van der Waals surface area contributed by atoms with E-state index < -0.39 is 11.6 Å². The van der Waals surface area contributed by atoms with Crippen molar-refractivity contribution < 1.29 is 19.4 Å². The molecule has 0 aliphatic carbocycles. The minimum Gasteiger partial charge on any atom is -0.506 e. The quantitative estimate of drug-likeness (QED) is 0.606. The third-order valence-electron chi connectivity index (χ3n) is 2.21. The van der Waals surface area contributed by atoms with Gasteiger partial charge in [0.1, 0.15) is 16.9 Å². The summed E-state index contributed by atoms with van der Waals surface area (Å²) in [5.74, 6) is -1.49. The molecule has 2 aromatic rings. The minimum absolute atomic E-state index is 0.175. The van der Waals surface area contributed by atoms with Crippen LogP contribution in [0.4, 0.5) is 0 Å². The highest BCUT2D eigenvalue weighted by molar-refractivity contribution is 5.90. The van der Waals surface area contributed by atoms with Gasteiger partial charge < -0.3 is 14.6 Å². The molecular formula is C12H8O5. The van der Waals surface area contributed by atoms with Crippen LogP contribution in [-0.4, -0.2) is 16.2 Å². The zero-order valence-corrected chi connectivity index (χ0v) is 8.58. The van der Waals surface area contributed by atoms with Crippen LogP contribution in [0.15, 0.2) is 39.6 Å². The lowest BCUT2D eigenvalue weighted by Gasteiger charge is -2.01. The molecule has 1 heterocycles. The first-order valence-electron chi connectivity index (χ1n) is 4.75. The van der Waals surface area contributed by atoms with Crippen LogP contribution >= 0.6 is 0 Å². The molecule has 0 saturated heterocycles. The number of carboxylic acids is 1. The number of rotatable bonds is 2. The van der Waals surface area contributed by atoms with Gasteiger partial charge in [0.25, 0.3) is 0 Å². The Balaban J connectivity index is 2.72. The lowest BCUT2D eigenvalue weighted by atomic mass is 10.1. The van der Waals surface area contributed by atoms with Gasteiger partial charge in [-0.15, -0.1) is 0 Å². The van der Waals surface area contributed by atoms with Gasteiger partial charge in [-0.25, -0.2) is 9.59 Å². The van der Waals surface area contributed by atoms with E-state index in [2.05, 4.69) is 0 Å². The maximum absolute atomic E-state index is 11.5. The molecule has 17 heavy (non-hydrogen) atoms. The summed E-state index contributed by atoms with van der Waals surface area (Å²) in [5, 5.41) is 18.7. The molecule has 86 valence electrons. The molecule has 0 amide bonds. The first kappa shape index (κ1) is 10.9. The van der Waals surface area contributed by atoms with Crippen LogP contribution in [0.25, 0.3) is 17.0 Å². The Morgan fingerprint density at radius 2 is 2.00 bits per heavy atom. The van der Waals surface area contributed by atoms with E-state index in [1.54, 1.807) is 24.3 Å². The number of hydrogen-bond donors (Lipinski definition) is 2. The summed E-state index contributed by atoms with van der Waals surface area (Å²) in [5.41, 5.74) is -0.702. The van der Waals surface area contributed by atoms with Gasteiger partial charge in [0, 0.05) is 6.08 Å². The van der Waals surface area contributed by atoms with E-state index >= 15 is 0 Å². The summed E-state index contributed by atoms with van der Waals surface area (Å²) in [6.07, 6.45) is 1.77. The molecule has 5 nitrogen and oxygen atoms in total. The van der Waals surface area contributed by atoms with Gasteiger partial charge in [-0.05, 0) is 18.2 Å². The Bertz CT molecular complexity index is 666. The molecule has 0 saturated carbocycles. The van der Waals surface area contributed by atoms with Gasteiger partial charge in [0.15, 0.2) is 0 Å². The third kappa shape index (κ3) is 2.03. The van der Waals surface area contributed by atoms with Crippen LogP contribution in [0.2, 0.25) is 0 Å². The molecule has 0 spiro atoms. The predicted molar refractivity (Wildman–Crippen MR) is 60.8 cm³/mol. The number of fused-ring (bicyclic) bond motifs is 1. The first-order chi connectivity index (χ1) is 8.09. The molecule has 1 aromatic carbocycles. The zero-order valence-electron chi connectivity index (χ0n) is 8.58. The van der Waals surface area contributed by atoms with Crippen molar-refractivity contribution in [3.8, 4) is 5.75 Å². The second-order valence-corrected chi connectivity index (χ2v) is 3.32. The number of hydrogen-bond acceptors (Lipinski definition) is 4. The Kier molecular flexibility index (Phi) is 2.66. The van der Waals surface area contributed by atoms with E-state index in [1.807, 2.05) is 0 Å². The summed E-state index contributed by atoms with van der Waals surface area (Å²) in [4.78, 5) is 21.9. The van der Waals surface area contributed by atoms with Crippen LogP contribution < -0.4 is 5.63 Å². The van der Waals surface area contributed by atoms with Crippen molar-refractivity contribution in [3.63, 3.8) is 0 Å². The first-order valence-corrected chi connectivity index (χ1v) is 4.75. The maximum Gasteiger partial charge on any atom is 0.347 e. The molecule has 2 rings (SSSR count). The Morgan fingerprint density at radius 3 is 2.71 bits per heavy atom. The standard InChI is InChI=1S/C12H8O5/c13-10(14)6-5-8-11(15)7-3-1-2-4-9(7)17-12(8)16/h1-6,15H,(H,13,14). The van der Waals surface area contributed by atoms with Crippen molar-refractivity contribution in [2.45, 2.75) is 0 Å². The van der Waals surface area contributed by atoms with E-state index in [1.165, 1.54) is 0 Å². The van der Waals surface area contributed by atoms with Crippen molar-refractivity contribution in [1.82, 2.24) is 0 Å². The fraction of sp³-hybridized carbons (Fsp3) is 0. The average molecular weight is 232 g/mol. The van der Waals surface area contributed by atoms with E-state index in [0.29, 0.717) is 5.39 Å². The lowest BCUT2D eigenvalue weighted by Crippen LogP contribution is -2.03. The molecule has 5 heteroatoms. The highest BCUT2D eigenvalue weighted by Crippen LogP contribution is 2.26. The number of aromatic hydroxyl groups is 1. The normalized spacial score (nSPS) is 11.1. The summed E-state index contributed by atoms with van der Waals surface area (Å²) >= 11 is 0. The van der Waals surface area contributed by atoms with Crippen molar-refractivity contribution in [2.75, 3.05) is 0 Å². The van der Waals surface area contributed by atoms with Gasteiger partial charge in [-0.1, -0.05) is 12.1 Å². The molecule has 0 fully saturated rings. The number of benzene rings is 1. The minimum atomic E-state index is -1.21. The molecular weight excluding hydrogens is 224 g/mol. The largest absolute Gasteiger partial charge is 0.506 e. The molecule has 0 radical (unpaired) electrons. The molecule has 2 N–H and O–H groups in total. The second kappa shape index (κ2) is 4.13. The predicted octanol–water partition coefficient (Wildman–Crippen LogP) is 1.60. The Labute approximate surface area is 95.2 Å². The molecule has 1 aromatic heterocycles. The van der Waals surface area contributed by atoms with Crippen LogP contribution in [0, 0.1) is 0 Å². The molecule has 0 bridgehead atoms. The summed E-state index contributed by atoms with van der Waals surface area (Å²) < 4.78 is 4.95. The lowest BCUT2D eigenvalue weighted by molar-refractivity contribution is -0.131. The number of carboxylic acid groups (broad SMARTS) is 1. The third-order valence-corrected chi connectivity index (χ3v) is 2.21. The number of aliphatic carboxylic acids is 1. The fourth-order valence-corrected chi connectivity index (χ4v) is 1.45. The van der Waals surface area contributed by atoms with Gasteiger partial charge in [0.05, 0.1) is 5.39 Å². The highest BCUT2D eigenvalue weighted by Gasteiger charge is 2.10. The number of para-hydroxylation sites is 1. The van der Waals surface area contributed by atoms with Crippen LogP contribution in [0.3, 0.4) is 0 Å². The van der Waals surface area contributed by atoms with Crippen molar-refractivity contribution in [3.05, 3.63) is 46.3 Å². The average Bonchev–Trinajstić information content (AvgIpc) is 2.28. The monoisotopic (exact) mass is 232 g/mol. The maximum atomic E-state index is 11.5. The molecule has 0 aliphatic rings. The Hall–Kier alpha value is -2.56. The molecule has 0 aliphatic heterocycles. The zero-order chi connectivity index (χ0) is 12.4. The molecule has 0 atom stereocenters. The van der Waals surface area contributed by atoms with Crippen molar-refractivity contribution in [2.24, 2.45) is 0 Å². The van der Waals surface area contributed by atoms with E-state index in [-0.39, 0.29) is 16.9 Å². The summed E-state index contributed by atoms with van der Waals surface area (Å²) in [7, 11) is 0. The summed E-state index contributed by atoms with van der Waals surface area (Å²) in [6.45, 7) is 0. The topological polar surface area (TPSA) is 87.7 Å². The van der Waals surface area contributed by atoms with E-state index in [9.17, 15) is 14.7 Å². The van der Waals surface area contributed by atoms with Gasteiger partial charge in [-0.3, -0.25) is 0 Å². The van der Waals surface area contributed by atoms with Crippen molar-refractivity contribution >= 4 is 23.0 Å². The van der Waals surface area contributed by atoms with E-state index in [0.717, 1.165) is 12.2 Å². The fourth-order valence-electron chi connectivity index (χ4n) is 1.45. The van der Waals surface area contributed by atoms with Crippen molar-refractivity contribution in [1.29, 1.82) is 0 Å². The highest BCUT2D eigenvalue weighted by atomic mass is 16.4. The molecule has 0 unspecified atom stereocenters. The van der Waals surface area contributed by atoms with Gasteiger partial charge >= 0.3 is 11.6 Å². The Morgan fingerprint density at radius 1 is 1.29 bits per heavy atom. The SMILES string of the molecule is O=C(O)C=Cc1c(O)c2ccccc2oc1=O. The van der Waals surface area contributed by atoms with Crippen LogP contribution in [-0.2, 0) is 4.79 Å². The smallest absolute Gasteiger partial charge is 0.347 e. The van der Waals surface area contributed by atoms with E-state index in [4.69, 9.17) is 9.52 Å². The van der Waals surface area contributed by atoms with Gasteiger partial charge in [0.2, 0.25) is 0 Å². The van der Waals surface area contributed by atoms with Crippen LogP contribution in [0.1, 0.15) is 5.56 Å². The van der Waals surface area contributed by atoms with Gasteiger partial charge in [-0.2, -0.15) is 0 Å².